The molecule has 0 aliphatic rings. The van der Waals surface area contributed by atoms with Gasteiger partial charge >= 0.3 is 0 Å². The lowest BCUT2D eigenvalue weighted by Crippen LogP contribution is -2.19. The molecule has 0 saturated carbocycles. The predicted octanol–water partition coefficient (Wildman–Crippen LogP) is 2.48. The van der Waals surface area contributed by atoms with E-state index in [4.69, 9.17) is 0 Å². The topological polar surface area (TPSA) is 75.4 Å². The number of hydrogen-bond donors (Lipinski definition) is 2. The molecule has 1 aromatic rings. The minimum absolute atomic E-state index is 0.0671. The van der Waals surface area contributed by atoms with E-state index in [1.807, 2.05) is 13.0 Å². The van der Waals surface area contributed by atoms with Crippen molar-refractivity contribution < 1.29 is 10.0 Å². The summed E-state index contributed by atoms with van der Waals surface area (Å²) in [5.74, 6) is 0. The maximum atomic E-state index is 10.7. The normalized spacial score (nSPS) is 12.2. The van der Waals surface area contributed by atoms with Gasteiger partial charge in [-0.05, 0) is 25.0 Å². The van der Waals surface area contributed by atoms with Gasteiger partial charge in [-0.1, -0.05) is 13.3 Å². The SMILES string of the molecule is CCCC(O)CNc1cc(C)cc([N+](=O)[O-])c1. The summed E-state index contributed by atoms with van der Waals surface area (Å²) in [5.41, 5.74) is 1.57. The number of anilines is 1. The van der Waals surface area contributed by atoms with Gasteiger partial charge in [-0.15, -0.1) is 0 Å². The van der Waals surface area contributed by atoms with Gasteiger partial charge in [-0.25, -0.2) is 0 Å². The van der Waals surface area contributed by atoms with E-state index >= 15 is 0 Å². The molecule has 5 nitrogen and oxygen atoms in total. The van der Waals surface area contributed by atoms with Crippen molar-refractivity contribution in [2.24, 2.45) is 0 Å². The predicted molar refractivity (Wildman–Crippen MR) is 67.2 cm³/mol. The van der Waals surface area contributed by atoms with E-state index < -0.39 is 11.0 Å². The summed E-state index contributed by atoms with van der Waals surface area (Å²) in [6.45, 7) is 4.22. The van der Waals surface area contributed by atoms with Crippen LogP contribution in [-0.2, 0) is 0 Å². The third kappa shape index (κ3) is 4.40. The smallest absolute Gasteiger partial charge is 0.271 e. The number of nitrogens with zero attached hydrogens (tertiary/aromatic N) is 1. The number of aryl methyl sites for hydroxylation is 1. The van der Waals surface area contributed by atoms with Gasteiger partial charge in [0.1, 0.15) is 0 Å². The molecule has 0 radical (unpaired) electrons. The van der Waals surface area contributed by atoms with Crippen molar-refractivity contribution in [1.82, 2.24) is 0 Å². The number of aliphatic hydroxyl groups is 1. The van der Waals surface area contributed by atoms with Crippen molar-refractivity contribution in [2.45, 2.75) is 32.8 Å². The first kappa shape index (κ1) is 13.4. The third-order valence-electron chi connectivity index (χ3n) is 2.44. The van der Waals surface area contributed by atoms with Crippen LogP contribution in [0.3, 0.4) is 0 Å². The zero-order valence-corrected chi connectivity index (χ0v) is 10.1. The van der Waals surface area contributed by atoms with E-state index in [1.54, 1.807) is 6.92 Å². The lowest BCUT2D eigenvalue weighted by Gasteiger charge is -2.12. The molecular formula is C12H18N2O3. The number of non-ortho nitro benzene ring substituents is 1. The van der Waals surface area contributed by atoms with Gasteiger partial charge in [0.05, 0.1) is 11.0 Å². The highest BCUT2D eigenvalue weighted by Crippen LogP contribution is 2.20. The molecule has 1 unspecified atom stereocenters. The number of rotatable bonds is 6. The Morgan fingerprint density at radius 1 is 1.47 bits per heavy atom. The quantitative estimate of drug-likeness (QED) is 0.589. The van der Waals surface area contributed by atoms with Crippen molar-refractivity contribution >= 4 is 11.4 Å². The highest BCUT2D eigenvalue weighted by Gasteiger charge is 2.09. The van der Waals surface area contributed by atoms with Gasteiger partial charge in [-0.3, -0.25) is 10.1 Å². The number of hydrogen-bond acceptors (Lipinski definition) is 4. The summed E-state index contributed by atoms with van der Waals surface area (Å²) in [4.78, 5) is 10.3. The number of nitro benzene ring substituents is 1. The standard InChI is InChI=1S/C12H18N2O3/c1-3-4-12(15)8-13-10-5-9(2)6-11(7-10)14(16)17/h5-7,12-13,15H,3-4,8H2,1-2H3. The lowest BCUT2D eigenvalue weighted by atomic mass is 10.1. The molecule has 5 heteroatoms. The molecule has 0 aliphatic carbocycles. The minimum Gasteiger partial charge on any atom is -0.391 e. The van der Waals surface area contributed by atoms with Gasteiger partial charge < -0.3 is 10.4 Å². The molecule has 0 spiro atoms. The average Bonchev–Trinajstić information content (AvgIpc) is 2.26. The van der Waals surface area contributed by atoms with Gasteiger partial charge in [0, 0.05) is 24.4 Å². The number of benzene rings is 1. The monoisotopic (exact) mass is 238 g/mol. The van der Waals surface area contributed by atoms with Crippen molar-refractivity contribution in [1.29, 1.82) is 0 Å². The Morgan fingerprint density at radius 3 is 2.76 bits per heavy atom. The fourth-order valence-corrected chi connectivity index (χ4v) is 1.64. The lowest BCUT2D eigenvalue weighted by molar-refractivity contribution is -0.384. The molecule has 0 fully saturated rings. The Hall–Kier alpha value is -1.62. The first-order chi connectivity index (χ1) is 8.02. The second-order valence-corrected chi connectivity index (χ2v) is 4.14. The molecule has 0 aromatic heterocycles. The van der Waals surface area contributed by atoms with E-state index in [2.05, 4.69) is 5.32 Å². The highest BCUT2D eigenvalue weighted by molar-refractivity contribution is 5.53. The number of nitrogens with one attached hydrogen (secondary N) is 1. The highest BCUT2D eigenvalue weighted by atomic mass is 16.6. The first-order valence-electron chi connectivity index (χ1n) is 5.71. The van der Waals surface area contributed by atoms with E-state index in [1.165, 1.54) is 12.1 Å². The summed E-state index contributed by atoms with van der Waals surface area (Å²) >= 11 is 0. The largest absolute Gasteiger partial charge is 0.391 e. The zero-order chi connectivity index (χ0) is 12.8. The van der Waals surface area contributed by atoms with Crippen LogP contribution in [0, 0.1) is 17.0 Å². The minimum atomic E-state index is -0.417. The molecule has 1 rings (SSSR count). The maximum absolute atomic E-state index is 10.7. The Bertz CT molecular complexity index is 393. The molecule has 0 heterocycles. The van der Waals surface area contributed by atoms with Crippen LogP contribution in [0.4, 0.5) is 11.4 Å². The van der Waals surface area contributed by atoms with Crippen LogP contribution in [0.15, 0.2) is 18.2 Å². The third-order valence-corrected chi connectivity index (χ3v) is 2.44. The fraction of sp³-hybridized carbons (Fsp3) is 0.500. The van der Waals surface area contributed by atoms with Crippen LogP contribution in [0.2, 0.25) is 0 Å². The Balaban J connectivity index is 2.68. The van der Waals surface area contributed by atoms with Crippen molar-refractivity contribution in [2.75, 3.05) is 11.9 Å². The summed E-state index contributed by atoms with van der Waals surface area (Å²) in [6.07, 6.45) is 1.22. The summed E-state index contributed by atoms with van der Waals surface area (Å²) in [7, 11) is 0. The fourth-order valence-electron chi connectivity index (χ4n) is 1.64. The number of nitro groups is 1. The summed E-state index contributed by atoms with van der Waals surface area (Å²) < 4.78 is 0. The molecule has 0 aliphatic heterocycles. The van der Waals surface area contributed by atoms with Crippen molar-refractivity contribution in [3.8, 4) is 0 Å². The molecule has 2 N–H and O–H groups in total. The Kier molecular flexibility index (Phi) is 4.90. The summed E-state index contributed by atoms with van der Waals surface area (Å²) in [6, 6.07) is 4.82. The van der Waals surface area contributed by atoms with Crippen LogP contribution < -0.4 is 5.32 Å². The molecular weight excluding hydrogens is 220 g/mol. The van der Waals surface area contributed by atoms with Crippen molar-refractivity contribution in [3.05, 3.63) is 33.9 Å². The molecule has 0 bridgehead atoms. The molecule has 17 heavy (non-hydrogen) atoms. The van der Waals surface area contributed by atoms with Gasteiger partial charge in [-0.2, -0.15) is 0 Å². The van der Waals surface area contributed by atoms with E-state index in [9.17, 15) is 15.2 Å². The molecule has 0 saturated heterocycles. The molecule has 94 valence electrons. The van der Waals surface area contributed by atoms with E-state index in [-0.39, 0.29) is 5.69 Å². The van der Waals surface area contributed by atoms with Gasteiger partial charge in [0.25, 0.3) is 5.69 Å². The Labute approximate surface area is 101 Å². The van der Waals surface area contributed by atoms with Crippen LogP contribution in [0.25, 0.3) is 0 Å². The van der Waals surface area contributed by atoms with Gasteiger partial charge in [0.15, 0.2) is 0 Å². The second-order valence-electron chi connectivity index (χ2n) is 4.14. The van der Waals surface area contributed by atoms with E-state index in [0.29, 0.717) is 12.2 Å². The molecule has 1 atom stereocenters. The first-order valence-corrected chi connectivity index (χ1v) is 5.71. The van der Waals surface area contributed by atoms with E-state index in [0.717, 1.165) is 18.4 Å². The summed E-state index contributed by atoms with van der Waals surface area (Å²) in [5, 5.41) is 23.2. The van der Waals surface area contributed by atoms with Crippen LogP contribution >= 0.6 is 0 Å². The van der Waals surface area contributed by atoms with Crippen LogP contribution in [-0.4, -0.2) is 22.7 Å². The van der Waals surface area contributed by atoms with Crippen LogP contribution in [0.1, 0.15) is 25.3 Å². The zero-order valence-electron chi connectivity index (χ0n) is 10.1. The average molecular weight is 238 g/mol. The van der Waals surface area contributed by atoms with Crippen molar-refractivity contribution in [3.63, 3.8) is 0 Å². The molecule has 1 aromatic carbocycles. The Morgan fingerprint density at radius 2 is 2.18 bits per heavy atom. The van der Waals surface area contributed by atoms with Crippen LogP contribution in [0.5, 0.6) is 0 Å². The molecule has 0 amide bonds. The second kappa shape index (κ2) is 6.20. The maximum Gasteiger partial charge on any atom is 0.271 e. The number of aliphatic hydroxyl groups excluding tert-OH is 1. The van der Waals surface area contributed by atoms with Gasteiger partial charge in [0.2, 0.25) is 0 Å².